The maximum atomic E-state index is 12.3. The Morgan fingerprint density at radius 1 is 0.879 bits per heavy atom. The third kappa shape index (κ3) is 7.00. The first-order valence-corrected chi connectivity index (χ1v) is 10.1. The van der Waals surface area contributed by atoms with E-state index in [4.69, 9.17) is 9.47 Å². The van der Waals surface area contributed by atoms with Crippen LogP contribution in [0.25, 0.3) is 12.2 Å². The van der Waals surface area contributed by atoms with Crippen molar-refractivity contribution in [2.24, 2.45) is 0 Å². The van der Waals surface area contributed by atoms with E-state index in [0.717, 1.165) is 11.3 Å². The van der Waals surface area contributed by atoms with E-state index in [1.165, 1.54) is 36.4 Å². The zero-order valence-corrected chi connectivity index (χ0v) is 17.8. The van der Waals surface area contributed by atoms with Crippen LogP contribution in [0, 0.1) is 10.1 Å². The Kier molecular flexibility index (Phi) is 7.86. The lowest BCUT2D eigenvalue weighted by atomic mass is 10.1. The van der Waals surface area contributed by atoms with Gasteiger partial charge >= 0.3 is 5.97 Å². The minimum atomic E-state index is -0.535. The number of non-ortho nitro benzene ring substituents is 1. The van der Waals surface area contributed by atoms with E-state index in [1.807, 2.05) is 31.2 Å². The third-order valence-corrected chi connectivity index (χ3v) is 4.47. The van der Waals surface area contributed by atoms with E-state index in [0.29, 0.717) is 23.5 Å². The number of nitro groups is 1. The quantitative estimate of drug-likeness (QED) is 0.108. The fourth-order valence-electron chi connectivity index (χ4n) is 2.85. The Labute approximate surface area is 190 Å². The fraction of sp³-hybridized carbons (Fsp3) is 0.0769. The molecule has 0 spiro atoms. The van der Waals surface area contributed by atoms with E-state index in [2.05, 4.69) is 0 Å². The Morgan fingerprint density at radius 2 is 1.58 bits per heavy atom. The molecule has 0 aliphatic heterocycles. The molecule has 0 fully saturated rings. The van der Waals surface area contributed by atoms with E-state index >= 15 is 0 Å². The third-order valence-electron chi connectivity index (χ3n) is 4.47. The van der Waals surface area contributed by atoms with Crippen LogP contribution >= 0.6 is 0 Å². The molecule has 0 saturated carbocycles. The van der Waals surface area contributed by atoms with Gasteiger partial charge in [0.15, 0.2) is 5.78 Å². The molecule has 7 heteroatoms. The van der Waals surface area contributed by atoms with Gasteiger partial charge in [0.25, 0.3) is 5.69 Å². The molecule has 0 aromatic heterocycles. The van der Waals surface area contributed by atoms with Gasteiger partial charge in [0, 0.05) is 23.8 Å². The lowest BCUT2D eigenvalue weighted by Crippen LogP contribution is -2.03. The van der Waals surface area contributed by atoms with Crippen molar-refractivity contribution < 1.29 is 24.0 Å². The summed E-state index contributed by atoms with van der Waals surface area (Å²) in [7, 11) is 0. The van der Waals surface area contributed by atoms with Crippen LogP contribution in [0.4, 0.5) is 5.69 Å². The van der Waals surface area contributed by atoms with E-state index in [-0.39, 0.29) is 11.5 Å². The van der Waals surface area contributed by atoms with Crippen LogP contribution in [0.3, 0.4) is 0 Å². The number of nitro benzene ring substituents is 1. The zero-order chi connectivity index (χ0) is 23.6. The zero-order valence-electron chi connectivity index (χ0n) is 17.8. The summed E-state index contributed by atoms with van der Waals surface area (Å²) in [5.41, 5.74) is 1.74. The molecule has 0 aliphatic carbocycles. The number of rotatable bonds is 9. The van der Waals surface area contributed by atoms with E-state index in [1.54, 1.807) is 36.4 Å². The second-order valence-electron chi connectivity index (χ2n) is 6.83. The molecule has 3 aromatic rings. The van der Waals surface area contributed by atoms with Gasteiger partial charge in [0.2, 0.25) is 0 Å². The van der Waals surface area contributed by atoms with Gasteiger partial charge in [-0.25, -0.2) is 4.79 Å². The Bertz CT molecular complexity index is 1190. The Balaban J connectivity index is 1.60. The SMILES string of the molecule is CCOc1ccc(/C=C/C(=O)Oc2cccc(/C=C/C(=O)c3ccc([N+](=O)[O-])cc3)c2)cc1. The minimum Gasteiger partial charge on any atom is -0.494 e. The van der Waals surface area contributed by atoms with Crippen molar-refractivity contribution in [2.75, 3.05) is 6.61 Å². The normalized spacial score (nSPS) is 10.9. The summed E-state index contributed by atoms with van der Waals surface area (Å²) in [6.45, 7) is 2.49. The van der Waals surface area contributed by atoms with Crippen molar-refractivity contribution in [2.45, 2.75) is 6.92 Å². The van der Waals surface area contributed by atoms with Crippen molar-refractivity contribution in [1.29, 1.82) is 0 Å². The van der Waals surface area contributed by atoms with Crippen LogP contribution in [-0.2, 0) is 4.79 Å². The first-order valence-electron chi connectivity index (χ1n) is 10.1. The molecule has 0 radical (unpaired) electrons. The number of esters is 1. The number of carbonyl (C=O) groups excluding carboxylic acids is 2. The highest BCUT2D eigenvalue weighted by Gasteiger charge is 2.07. The Morgan fingerprint density at radius 3 is 2.24 bits per heavy atom. The lowest BCUT2D eigenvalue weighted by Gasteiger charge is -2.03. The number of ketones is 1. The number of nitrogens with zero attached hydrogens (tertiary/aromatic N) is 1. The van der Waals surface area contributed by atoms with Gasteiger partial charge in [-0.1, -0.05) is 30.3 Å². The van der Waals surface area contributed by atoms with Gasteiger partial charge in [-0.3, -0.25) is 14.9 Å². The minimum absolute atomic E-state index is 0.0818. The van der Waals surface area contributed by atoms with Gasteiger partial charge in [-0.15, -0.1) is 0 Å². The van der Waals surface area contributed by atoms with Crippen LogP contribution in [0.2, 0.25) is 0 Å². The highest BCUT2D eigenvalue weighted by Crippen LogP contribution is 2.17. The molecule has 166 valence electrons. The summed E-state index contributed by atoms with van der Waals surface area (Å²) < 4.78 is 10.7. The van der Waals surface area contributed by atoms with Crippen molar-refractivity contribution >= 4 is 29.6 Å². The number of carbonyl (C=O) groups is 2. The topological polar surface area (TPSA) is 95.7 Å². The highest BCUT2D eigenvalue weighted by atomic mass is 16.6. The fourth-order valence-corrected chi connectivity index (χ4v) is 2.85. The van der Waals surface area contributed by atoms with Gasteiger partial charge in [-0.05, 0) is 66.6 Å². The van der Waals surface area contributed by atoms with Gasteiger partial charge in [0.1, 0.15) is 11.5 Å². The van der Waals surface area contributed by atoms with E-state index < -0.39 is 10.9 Å². The average Bonchev–Trinajstić information content (AvgIpc) is 2.82. The largest absolute Gasteiger partial charge is 0.494 e. The van der Waals surface area contributed by atoms with Gasteiger partial charge < -0.3 is 9.47 Å². The standard InChI is InChI=1S/C26H21NO6/c1-2-32-23-14-6-19(7-15-23)9-17-26(29)33-24-5-3-4-20(18-24)8-16-25(28)21-10-12-22(13-11-21)27(30)31/h3-18H,2H2,1H3/b16-8+,17-9+. The summed E-state index contributed by atoms with van der Waals surface area (Å²) in [6, 6.07) is 19.4. The number of hydrogen-bond donors (Lipinski definition) is 0. The van der Waals surface area contributed by atoms with Gasteiger partial charge in [-0.2, -0.15) is 0 Å². The number of benzene rings is 3. The molecule has 0 saturated heterocycles. The molecule has 0 aliphatic rings. The van der Waals surface area contributed by atoms with Crippen molar-refractivity contribution in [3.05, 3.63) is 112 Å². The maximum Gasteiger partial charge on any atom is 0.336 e. The predicted molar refractivity (Wildman–Crippen MR) is 125 cm³/mol. The summed E-state index contributed by atoms with van der Waals surface area (Å²) in [5, 5.41) is 10.7. The smallest absolute Gasteiger partial charge is 0.336 e. The first-order chi connectivity index (χ1) is 15.9. The predicted octanol–water partition coefficient (Wildman–Crippen LogP) is 5.51. The average molecular weight is 443 g/mol. The molecule has 7 nitrogen and oxygen atoms in total. The molecule has 0 amide bonds. The van der Waals surface area contributed by atoms with E-state index in [9.17, 15) is 19.7 Å². The highest BCUT2D eigenvalue weighted by molar-refractivity contribution is 6.06. The molecule has 0 N–H and O–H groups in total. The first kappa shape index (κ1) is 23.1. The molecule has 0 unspecified atom stereocenters. The summed E-state index contributed by atoms with van der Waals surface area (Å²) in [4.78, 5) is 34.6. The summed E-state index contributed by atoms with van der Waals surface area (Å²) in [5.74, 6) is 0.257. The second kappa shape index (κ2) is 11.2. The Hall–Kier alpha value is -4.52. The monoisotopic (exact) mass is 443 g/mol. The molecule has 0 heterocycles. The number of hydrogen-bond acceptors (Lipinski definition) is 6. The van der Waals surface area contributed by atoms with Crippen molar-refractivity contribution in [1.82, 2.24) is 0 Å². The lowest BCUT2D eigenvalue weighted by molar-refractivity contribution is -0.384. The van der Waals surface area contributed by atoms with Crippen LogP contribution < -0.4 is 9.47 Å². The van der Waals surface area contributed by atoms with Crippen LogP contribution in [0.15, 0.2) is 84.9 Å². The van der Waals surface area contributed by atoms with Crippen molar-refractivity contribution in [3.8, 4) is 11.5 Å². The molecular formula is C26H21NO6. The van der Waals surface area contributed by atoms with Crippen LogP contribution in [0.1, 0.15) is 28.4 Å². The second-order valence-corrected chi connectivity index (χ2v) is 6.83. The van der Waals surface area contributed by atoms with Crippen LogP contribution in [-0.4, -0.2) is 23.3 Å². The molecular weight excluding hydrogens is 422 g/mol. The molecule has 33 heavy (non-hydrogen) atoms. The summed E-state index contributed by atoms with van der Waals surface area (Å²) in [6.07, 6.45) is 5.91. The molecule has 0 atom stereocenters. The van der Waals surface area contributed by atoms with Gasteiger partial charge in [0.05, 0.1) is 11.5 Å². The molecule has 0 bridgehead atoms. The molecule has 3 aromatic carbocycles. The molecule has 3 rings (SSSR count). The summed E-state index contributed by atoms with van der Waals surface area (Å²) >= 11 is 0. The number of allylic oxidation sites excluding steroid dienone is 1. The van der Waals surface area contributed by atoms with Crippen LogP contribution in [0.5, 0.6) is 11.5 Å². The number of ether oxygens (including phenoxy) is 2. The maximum absolute atomic E-state index is 12.3. The van der Waals surface area contributed by atoms with Crippen molar-refractivity contribution in [3.63, 3.8) is 0 Å².